The fourth-order valence-corrected chi connectivity index (χ4v) is 3.24. The van der Waals surface area contributed by atoms with Gasteiger partial charge in [-0.2, -0.15) is 0 Å². The second kappa shape index (κ2) is 5.34. The lowest BCUT2D eigenvalue weighted by molar-refractivity contribution is 0.752. The number of aromatic nitrogens is 1. The molecule has 0 radical (unpaired) electrons. The summed E-state index contributed by atoms with van der Waals surface area (Å²) in [4.78, 5) is 24.3. The minimum absolute atomic E-state index is 0.228. The molecule has 2 aromatic carbocycles. The van der Waals surface area contributed by atoms with Crippen LogP contribution in [0.5, 0.6) is 0 Å². The normalized spacial score (nSPS) is 10.8. The SMILES string of the molecule is O=c1sc2ccc(Br)cc2c(=O)n1Cc1ccccc1. The fraction of sp³-hybridized carbons (Fsp3) is 0.0667. The molecule has 0 atom stereocenters. The van der Waals surface area contributed by atoms with E-state index in [1.54, 1.807) is 12.1 Å². The summed E-state index contributed by atoms with van der Waals surface area (Å²) in [7, 11) is 0. The Labute approximate surface area is 127 Å². The first-order valence-electron chi connectivity index (χ1n) is 6.02. The summed E-state index contributed by atoms with van der Waals surface area (Å²) >= 11 is 4.45. The Morgan fingerprint density at radius 3 is 2.55 bits per heavy atom. The van der Waals surface area contributed by atoms with Gasteiger partial charge in [0.2, 0.25) is 0 Å². The van der Waals surface area contributed by atoms with Crippen LogP contribution in [0.2, 0.25) is 0 Å². The Morgan fingerprint density at radius 2 is 1.80 bits per heavy atom. The average molecular weight is 348 g/mol. The maximum atomic E-state index is 12.5. The van der Waals surface area contributed by atoms with Crippen LogP contribution in [0.1, 0.15) is 5.56 Å². The van der Waals surface area contributed by atoms with E-state index in [4.69, 9.17) is 0 Å². The highest BCUT2D eigenvalue weighted by molar-refractivity contribution is 9.10. The summed E-state index contributed by atoms with van der Waals surface area (Å²) in [6.45, 7) is 0.303. The molecule has 0 aliphatic heterocycles. The largest absolute Gasteiger partial charge is 0.310 e. The summed E-state index contributed by atoms with van der Waals surface area (Å²) in [5.41, 5.74) is 0.696. The summed E-state index contributed by atoms with van der Waals surface area (Å²) in [6, 6.07) is 14.9. The third-order valence-corrected chi connectivity index (χ3v) is 4.48. The number of rotatable bonds is 2. The molecule has 0 saturated heterocycles. The molecule has 0 saturated carbocycles. The molecule has 0 spiro atoms. The molecule has 3 aromatic rings. The fourth-order valence-electron chi connectivity index (χ4n) is 2.04. The molecule has 0 N–H and O–H groups in total. The van der Waals surface area contributed by atoms with E-state index in [0.29, 0.717) is 16.6 Å². The Hall–Kier alpha value is -1.72. The molecule has 1 heterocycles. The molecule has 5 heteroatoms. The van der Waals surface area contributed by atoms with Crippen molar-refractivity contribution < 1.29 is 0 Å². The second-order valence-electron chi connectivity index (χ2n) is 4.39. The van der Waals surface area contributed by atoms with Crippen LogP contribution in [0, 0.1) is 0 Å². The van der Waals surface area contributed by atoms with Gasteiger partial charge in [0.05, 0.1) is 11.9 Å². The van der Waals surface area contributed by atoms with Gasteiger partial charge in [-0.1, -0.05) is 57.6 Å². The predicted octanol–water partition coefficient (Wildman–Crippen LogP) is 3.23. The van der Waals surface area contributed by atoms with Crippen molar-refractivity contribution in [2.45, 2.75) is 6.54 Å². The monoisotopic (exact) mass is 347 g/mol. The quantitative estimate of drug-likeness (QED) is 0.713. The van der Waals surface area contributed by atoms with Gasteiger partial charge in [0.15, 0.2) is 0 Å². The number of fused-ring (bicyclic) bond motifs is 1. The van der Waals surface area contributed by atoms with Crippen molar-refractivity contribution in [3.63, 3.8) is 0 Å². The molecule has 0 amide bonds. The van der Waals surface area contributed by atoms with Gasteiger partial charge in [0.1, 0.15) is 0 Å². The molecule has 20 heavy (non-hydrogen) atoms. The second-order valence-corrected chi connectivity index (χ2v) is 6.29. The van der Waals surface area contributed by atoms with Gasteiger partial charge >= 0.3 is 4.87 Å². The van der Waals surface area contributed by atoms with Crippen LogP contribution in [0.3, 0.4) is 0 Å². The average Bonchev–Trinajstić information content (AvgIpc) is 2.46. The maximum Gasteiger partial charge on any atom is 0.310 e. The van der Waals surface area contributed by atoms with Crippen molar-refractivity contribution >= 4 is 37.4 Å². The number of halogens is 1. The number of benzene rings is 2. The summed E-state index contributed by atoms with van der Waals surface area (Å²) < 4.78 is 2.83. The highest BCUT2D eigenvalue weighted by Crippen LogP contribution is 2.18. The topological polar surface area (TPSA) is 39.1 Å². The summed E-state index contributed by atoms with van der Waals surface area (Å²) in [5, 5.41) is 0.569. The summed E-state index contributed by atoms with van der Waals surface area (Å²) in [6.07, 6.45) is 0. The molecule has 0 aliphatic carbocycles. The molecule has 3 rings (SSSR count). The molecule has 1 aromatic heterocycles. The van der Waals surface area contributed by atoms with E-state index in [-0.39, 0.29) is 10.4 Å². The Bertz CT molecular complexity index is 884. The molecule has 0 bridgehead atoms. The number of nitrogens with zero attached hydrogens (tertiary/aromatic N) is 1. The first kappa shape index (κ1) is 13.3. The lowest BCUT2D eigenvalue weighted by Crippen LogP contribution is -2.31. The van der Waals surface area contributed by atoms with Gasteiger partial charge in [-0.3, -0.25) is 14.2 Å². The zero-order valence-electron chi connectivity index (χ0n) is 10.4. The Kier molecular flexibility index (Phi) is 3.54. The predicted molar refractivity (Wildman–Crippen MR) is 85.6 cm³/mol. The van der Waals surface area contributed by atoms with Crippen molar-refractivity contribution in [2.75, 3.05) is 0 Å². The van der Waals surface area contributed by atoms with E-state index < -0.39 is 0 Å². The van der Waals surface area contributed by atoms with Crippen LogP contribution in [-0.4, -0.2) is 4.57 Å². The Morgan fingerprint density at radius 1 is 1.05 bits per heavy atom. The van der Waals surface area contributed by atoms with Crippen LogP contribution >= 0.6 is 27.3 Å². The van der Waals surface area contributed by atoms with Gasteiger partial charge in [-0.15, -0.1) is 0 Å². The van der Waals surface area contributed by atoms with Gasteiger partial charge < -0.3 is 0 Å². The zero-order chi connectivity index (χ0) is 14.1. The Balaban J connectivity index is 2.21. The first-order chi connectivity index (χ1) is 9.65. The highest BCUT2D eigenvalue weighted by Gasteiger charge is 2.09. The van der Waals surface area contributed by atoms with Gasteiger partial charge in [0.25, 0.3) is 5.56 Å². The maximum absolute atomic E-state index is 12.5. The van der Waals surface area contributed by atoms with Crippen LogP contribution in [0.15, 0.2) is 62.6 Å². The van der Waals surface area contributed by atoms with E-state index in [9.17, 15) is 9.59 Å². The van der Waals surface area contributed by atoms with Crippen LogP contribution in [0.25, 0.3) is 10.1 Å². The van der Waals surface area contributed by atoms with E-state index >= 15 is 0 Å². The molecular weight excluding hydrogens is 338 g/mol. The zero-order valence-corrected chi connectivity index (χ0v) is 12.8. The van der Waals surface area contributed by atoms with E-state index in [0.717, 1.165) is 21.4 Å². The highest BCUT2D eigenvalue weighted by atomic mass is 79.9. The van der Waals surface area contributed by atoms with Crippen molar-refractivity contribution in [1.82, 2.24) is 4.57 Å². The number of hydrogen-bond donors (Lipinski definition) is 0. The standard InChI is InChI=1S/C15H10BrNO2S/c16-11-6-7-13-12(8-11)14(18)17(15(19)20-13)9-10-4-2-1-3-5-10/h1-8H,9H2. The van der Waals surface area contributed by atoms with Gasteiger partial charge in [-0.05, 0) is 23.8 Å². The van der Waals surface area contributed by atoms with Gasteiger partial charge in [0, 0.05) is 9.17 Å². The van der Waals surface area contributed by atoms with E-state index in [1.807, 2.05) is 36.4 Å². The van der Waals surface area contributed by atoms with Gasteiger partial charge in [-0.25, -0.2) is 0 Å². The molecule has 0 aliphatic rings. The lowest BCUT2D eigenvalue weighted by Gasteiger charge is -2.06. The van der Waals surface area contributed by atoms with Crippen LogP contribution in [-0.2, 0) is 6.54 Å². The van der Waals surface area contributed by atoms with Crippen molar-refractivity contribution in [3.05, 3.63) is 78.6 Å². The van der Waals surface area contributed by atoms with Crippen LogP contribution in [0.4, 0.5) is 0 Å². The molecular formula is C15H10BrNO2S. The molecule has 0 fully saturated rings. The van der Waals surface area contributed by atoms with Crippen molar-refractivity contribution in [3.8, 4) is 0 Å². The summed E-state index contributed by atoms with van der Waals surface area (Å²) in [5.74, 6) is 0. The van der Waals surface area contributed by atoms with E-state index in [2.05, 4.69) is 15.9 Å². The third-order valence-electron chi connectivity index (χ3n) is 3.02. The van der Waals surface area contributed by atoms with E-state index in [1.165, 1.54) is 4.57 Å². The van der Waals surface area contributed by atoms with Crippen molar-refractivity contribution in [1.29, 1.82) is 0 Å². The van der Waals surface area contributed by atoms with Crippen molar-refractivity contribution in [2.24, 2.45) is 0 Å². The molecule has 100 valence electrons. The smallest absolute Gasteiger partial charge is 0.269 e. The number of hydrogen-bond acceptors (Lipinski definition) is 3. The molecule has 0 unspecified atom stereocenters. The van der Waals surface area contributed by atoms with Crippen LogP contribution < -0.4 is 10.4 Å². The minimum atomic E-state index is -0.242. The minimum Gasteiger partial charge on any atom is -0.269 e. The molecule has 3 nitrogen and oxygen atoms in total. The lowest BCUT2D eigenvalue weighted by atomic mass is 10.2. The third kappa shape index (κ3) is 2.46. The first-order valence-corrected chi connectivity index (χ1v) is 7.63.